The van der Waals surface area contributed by atoms with Gasteiger partial charge in [0, 0.05) is 33.2 Å². The van der Waals surface area contributed by atoms with E-state index in [0.717, 1.165) is 27.4 Å². The van der Waals surface area contributed by atoms with Crippen LogP contribution in [0.1, 0.15) is 22.3 Å². The Morgan fingerprint density at radius 3 is 2.26 bits per heavy atom. The van der Waals surface area contributed by atoms with Gasteiger partial charge in [-0.25, -0.2) is 18.6 Å². The number of hydrogen-bond donors (Lipinski definition) is 1. The standard InChI is InChI=1S/C25H15F2N3O3S.FH/c26-21(27)15-6-10-17(11-7-15)24-28-20(13-34-24)14-4-8-16(9-5-14)22-29-23(33-30-22)18-2-1-3-19(12-18)25(31)32;/h1-13,21H,(H,31,32);1H. The van der Waals surface area contributed by atoms with Gasteiger partial charge in [-0.3, -0.25) is 4.70 Å². The second-order valence-electron chi connectivity index (χ2n) is 7.35. The van der Waals surface area contributed by atoms with E-state index in [4.69, 9.17) is 9.63 Å². The number of alkyl halides is 2. The highest BCUT2D eigenvalue weighted by Gasteiger charge is 2.14. The molecule has 10 heteroatoms. The van der Waals surface area contributed by atoms with Gasteiger partial charge >= 0.3 is 5.97 Å². The molecule has 0 atom stereocenters. The van der Waals surface area contributed by atoms with Crippen molar-refractivity contribution in [3.63, 3.8) is 0 Å². The molecule has 2 aromatic heterocycles. The topological polar surface area (TPSA) is 89.1 Å². The average molecular weight is 495 g/mol. The largest absolute Gasteiger partial charge is 0.478 e. The fourth-order valence-electron chi connectivity index (χ4n) is 3.34. The summed E-state index contributed by atoms with van der Waals surface area (Å²) in [7, 11) is 0. The van der Waals surface area contributed by atoms with Crippen molar-refractivity contribution < 1.29 is 27.9 Å². The number of carboxylic acids is 1. The van der Waals surface area contributed by atoms with Crippen LogP contribution in [-0.4, -0.2) is 26.2 Å². The number of aromatic carboxylic acids is 1. The first-order chi connectivity index (χ1) is 16.5. The molecule has 2 heterocycles. The normalized spacial score (nSPS) is 10.8. The molecule has 0 spiro atoms. The van der Waals surface area contributed by atoms with Gasteiger partial charge in [0.25, 0.3) is 12.3 Å². The van der Waals surface area contributed by atoms with Crippen LogP contribution in [0.5, 0.6) is 0 Å². The molecule has 0 aliphatic heterocycles. The molecule has 176 valence electrons. The van der Waals surface area contributed by atoms with Crippen molar-refractivity contribution in [3.8, 4) is 44.7 Å². The zero-order valence-electron chi connectivity index (χ0n) is 17.8. The van der Waals surface area contributed by atoms with E-state index in [-0.39, 0.29) is 21.7 Å². The number of carboxylic acid groups (broad SMARTS) is 1. The first-order valence-electron chi connectivity index (χ1n) is 10.1. The van der Waals surface area contributed by atoms with Crippen molar-refractivity contribution in [2.45, 2.75) is 6.43 Å². The summed E-state index contributed by atoms with van der Waals surface area (Å²) < 4.78 is 30.8. The lowest BCUT2D eigenvalue weighted by Crippen LogP contribution is -1.95. The maximum atomic E-state index is 12.8. The smallest absolute Gasteiger partial charge is 0.335 e. The zero-order valence-corrected chi connectivity index (χ0v) is 18.6. The molecule has 0 saturated carbocycles. The lowest BCUT2D eigenvalue weighted by atomic mass is 10.1. The van der Waals surface area contributed by atoms with E-state index in [1.807, 2.05) is 29.6 Å². The monoisotopic (exact) mass is 495 g/mol. The van der Waals surface area contributed by atoms with Crippen molar-refractivity contribution in [1.82, 2.24) is 15.1 Å². The van der Waals surface area contributed by atoms with Gasteiger partial charge in [0.05, 0.1) is 11.3 Å². The number of aromatic nitrogens is 3. The molecule has 5 aromatic rings. The summed E-state index contributed by atoms with van der Waals surface area (Å²) in [5.41, 5.74) is 3.79. The van der Waals surface area contributed by atoms with Crippen molar-refractivity contribution >= 4 is 17.3 Å². The molecule has 0 radical (unpaired) electrons. The van der Waals surface area contributed by atoms with Gasteiger partial charge in [-0.05, 0) is 18.2 Å². The number of nitrogens with zero attached hydrogens (tertiary/aromatic N) is 3. The Bertz CT molecular complexity index is 1470. The lowest BCUT2D eigenvalue weighted by molar-refractivity contribution is 0.0697. The van der Waals surface area contributed by atoms with Crippen LogP contribution in [0.3, 0.4) is 0 Å². The summed E-state index contributed by atoms with van der Waals surface area (Å²) in [5.74, 6) is -0.433. The van der Waals surface area contributed by atoms with Crippen LogP contribution in [-0.2, 0) is 0 Å². The second kappa shape index (κ2) is 9.90. The Kier molecular flexibility index (Phi) is 6.74. The summed E-state index contributed by atoms with van der Waals surface area (Å²) in [5, 5.41) is 15.8. The predicted octanol–water partition coefficient (Wildman–Crippen LogP) is 6.98. The maximum Gasteiger partial charge on any atom is 0.335 e. The van der Waals surface area contributed by atoms with Crippen LogP contribution in [0.2, 0.25) is 0 Å². The minimum atomic E-state index is -2.50. The van der Waals surface area contributed by atoms with Crippen molar-refractivity contribution in [3.05, 3.63) is 89.3 Å². The van der Waals surface area contributed by atoms with Crippen molar-refractivity contribution in [1.29, 1.82) is 0 Å². The lowest BCUT2D eigenvalue weighted by Gasteiger charge is -2.01. The third-order valence-corrected chi connectivity index (χ3v) is 6.03. The number of hydrogen-bond acceptors (Lipinski definition) is 6. The molecule has 5 rings (SSSR count). The van der Waals surface area contributed by atoms with Crippen molar-refractivity contribution in [2.75, 3.05) is 0 Å². The van der Waals surface area contributed by atoms with E-state index in [0.29, 0.717) is 11.4 Å². The van der Waals surface area contributed by atoms with Crippen molar-refractivity contribution in [2.24, 2.45) is 0 Å². The SMILES string of the molecule is F.O=C(O)c1cccc(-c2nc(-c3ccc(-c4csc(-c5ccc(C(F)F)cc5)n4)cc3)no2)c1. The summed E-state index contributed by atoms with van der Waals surface area (Å²) in [6, 6.07) is 19.8. The summed E-state index contributed by atoms with van der Waals surface area (Å²) in [4.78, 5) is 20.2. The molecule has 0 fully saturated rings. The van der Waals surface area contributed by atoms with Gasteiger partial charge in [0.2, 0.25) is 5.82 Å². The van der Waals surface area contributed by atoms with Gasteiger partial charge in [0.1, 0.15) is 5.01 Å². The molecule has 1 N–H and O–H groups in total. The first-order valence-corrected chi connectivity index (χ1v) is 11.0. The van der Waals surface area contributed by atoms with Gasteiger partial charge in [-0.1, -0.05) is 59.8 Å². The van der Waals surface area contributed by atoms with Gasteiger partial charge < -0.3 is 9.63 Å². The van der Waals surface area contributed by atoms with Crippen LogP contribution in [0, 0.1) is 0 Å². The highest BCUT2D eigenvalue weighted by molar-refractivity contribution is 7.13. The van der Waals surface area contributed by atoms with Crippen LogP contribution < -0.4 is 0 Å². The molecule has 0 aliphatic rings. The third-order valence-electron chi connectivity index (χ3n) is 5.14. The number of benzene rings is 3. The Labute approximate surface area is 200 Å². The van der Waals surface area contributed by atoms with Crippen LogP contribution in [0.4, 0.5) is 13.5 Å². The molecule has 0 saturated heterocycles. The highest BCUT2D eigenvalue weighted by atomic mass is 32.1. The Morgan fingerprint density at radius 2 is 1.57 bits per heavy atom. The summed E-state index contributed by atoms with van der Waals surface area (Å²) in [6.07, 6.45) is -2.50. The molecule has 0 amide bonds. The van der Waals surface area contributed by atoms with Gasteiger partial charge in [-0.2, -0.15) is 4.98 Å². The number of halogens is 3. The minimum absolute atomic E-state index is 0. The van der Waals surface area contributed by atoms with E-state index in [9.17, 15) is 13.6 Å². The van der Waals surface area contributed by atoms with E-state index in [1.165, 1.54) is 35.6 Å². The van der Waals surface area contributed by atoms with Gasteiger partial charge in [-0.15, -0.1) is 11.3 Å². The number of thiazole rings is 1. The fraction of sp³-hybridized carbons (Fsp3) is 0.0400. The molecular formula is C25H16F3N3O3S. The van der Waals surface area contributed by atoms with E-state index < -0.39 is 12.4 Å². The molecule has 3 aromatic carbocycles. The average Bonchev–Trinajstić information content (AvgIpc) is 3.55. The molecule has 0 bridgehead atoms. The minimum Gasteiger partial charge on any atom is -0.478 e. The molecule has 0 aliphatic carbocycles. The van der Waals surface area contributed by atoms with E-state index >= 15 is 0 Å². The quantitative estimate of drug-likeness (QED) is 0.273. The van der Waals surface area contributed by atoms with Gasteiger partial charge in [0.15, 0.2) is 0 Å². The van der Waals surface area contributed by atoms with E-state index in [2.05, 4.69) is 15.1 Å². The third kappa shape index (κ3) is 4.97. The van der Waals surface area contributed by atoms with Crippen LogP contribution in [0.15, 0.2) is 82.7 Å². The zero-order chi connectivity index (χ0) is 23.7. The molecule has 35 heavy (non-hydrogen) atoms. The number of carbonyl (C=O) groups is 1. The Hall–Kier alpha value is -4.31. The maximum absolute atomic E-state index is 12.8. The highest BCUT2D eigenvalue weighted by Crippen LogP contribution is 2.31. The fourth-order valence-corrected chi connectivity index (χ4v) is 4.18. The Balaban J connectivity index is 0.00000289. The van der Waals surface area contributed by atoms with Crippen LogP contribution >= 0.6 is 11.3 Å². The van der Waals surface area contributed by atoms with Crippen LogP contribution in [0.25, 0.3) is 44.7 Å². The van der Waals surface area contributed by atoms with E-state index in [1.54, 1.807) is 24.3 Å². The molecule has 0 unspecified atom stereocenters. The molecular weight excluding hydrogens is 479 g/mol. The molecule has 6 nitrogen and oxygen atoms in total. The summed E-state index contributed by atoms with van der Waals surface area (Å²) >= 11 is 1.44. The summed E-state index contributed by atoms with van der Waals surface area (Å²) in [6.45, 7) is 0. The predicted molar refractivity (Wildman–Crippen MR) is 126 cm³/mol. The second-order valence-corrected chi connectivity index (χ2v) is 8.21. The Morgan fingerprint density at radius 1 is 0.886 bits per heavy atom. The first kappa shape index (κ1) is 23.8. The number of rotatable bonds is 6.